The molecule has 0 spiro atoms. The second-order valence-electron chi connectivity index (χ2n) is 6.75. The van der Waals surface area contributed by atoms with Crippen molar-refractivity contribution in [3.8, 4) is 6.07 Å². The van der Waals surface area contributed by atoms with Crippen molar-refractivity contribution < 1.29 is 14.7 Å². The summed E-state index contributed by atoms with van der Waals surface area (Å²) < 4.78 is 0. The van der Waals surface area contributed by atoms with E-state index < -0.39 is 5.97 Å². The first-order valence-electron chi connectivity index (χ1n) is 9.43. The second kappa shape index (κ2) is 11.3. The number of urea groups is 1. The van der Waals surface area contributed by atoms with Crippen molar-refractivity contribution in [3.05, 3.63) is 83.9 Å². The highest BCUT2D eigenvalue weighted by Gasteiger charge is 2.19. The van der Waals surface area contributed by atoms with Crippen molar-refractivity contribution in [3.63, 3.8) is 0 Å². The van der Waals surface area contributed by atoms with Gasteiger partial charge >= 0.3 is 12.0 Å². The van der Waals surface area contributed by atoms with Crippen LogP contribution in [0.5, 0.6) is 0 Å². The molecule has 2 aromatic rings. The zero-order valence-corrected chi connectivity index (χ0v) is 16.3. The van der Waals surface area contributed by atoms with Gasteiger partial charge in [-0.15, -0.1) is 6.58 Å². The first kappa shape index (κ1) is 21.7. The Morgan fingerprint density at radius 2 is 1.90 bits per heavy atom. The Morgan fingerprint density at radius 1 is 1.17 bits per heavy atom. The van der Waals surface area contributed by atoms with Crippen LogP contribution in [-0.2, 0) is 17.8 Å². The number of carbonyl (C=O) groups excluding carboxylic acids is 1. The lowest BCUT2D eigenvalue weighted by atomic mass is 10.0. The molecule has 1 atom stereocenters. The third kappa shape index (κ3) is 7.51. The maximum Gasteiger partial charge on any atom is 0.318 e. The van der Waals surface area contributed by atoms with Crippen molar-refractivity contribution in [1.82, 2.24) is 10.2 Å². The van der Waals surface area contributed by atoms with Crippen molar-refractivity contribution in [2.45, 2.75) is 31.8 Å². The van der Waals surface area contributed by atoms with Gasteiger partial charge in [-0.2, -0.15) is 5.26 Å². The van der Waals surface area contributed by atoms with Gasteiger partial charge in [-0.25, -0.2) is 4.79 Å². The molecule has 0 bridgehead atoms. The van der Waals surface area contributed by atoms with E-state index in [9.17, 15) is 9.59 Å². The third-order valence-corrected chi connectivity index (χ3v) is 4.43. The molecule has 2 amide bonds. The van der Waals surface area contributed by atoms with Gasteiger partial charge in [0.15, 0.2) is 0 Å². The van der Waals surface area contributed by atoms with E-state index >= 15 is 0 Å². The molecule has 0 aliphatic carbocycles. The molecule has 6 heteroatoms. The summed E-state index contributed by atoms with van der Waals surface area (Å²) in [5.41, 5.74) is 2.40. The SMILES string of the molecule is C=CCN(Cc1cccc(C#N)c1)C(=O)NC(CCC(=O)O)Cc1ccccc1. The highest BCUT2D eigenvalue weighted by molar-refractivity contribution is 5.75. The minimum Gasteiger partial charge on any atom is -0.481 e. The van der Waals surface area contributed by atoms with E-state index in [1.165, 1.54) is 0 Å². The Balaban J connectivity index is 2.10. The summed E-state index contributed by atoms with van der Waals surface area (Å²) in [6.45, 7) is 4.37. The van der Waals surface area contributed by atoms with Crippen molar-refractivity contribution in [1.29, 1.82) is 5.26 Å². The molecule has 0 radical (unpaired) electrons. The van der Waals surface area contributed by atoms with Crippen LogP contribution in [0.1, 0.15) is 29.5 Å². The summed E-state index contributed by atoms with van der Waals surface area (Å²) >= 11 is 0. The minimum absolute atomic E-state index is 0.0244. The molecule has 29 heavy (non-hydrogen) atoms. The molecule has 6 nitrogen and oxygen atoms in total. The van der Waals surface area contributed by atoms with Crippen LogP contribution < -0.4 is 5.32 Å². The molecular weight excluding hydrogens is 366 g/mol. The Morgan fingerprint density at radius 3 is 2.55 bits per heavy atom. The van der Waals surface area contributed by atoms with Gasteiger partial charge in [-0.1, -0.05) is 48.5 Å². The summed E-state index contributed by atoms with van der Waals surface area (Å²) in [6, 6.07) is 18.2. The molecular formula is C23H25N3O3. The molecule has 0 saturated heterocycles. The van der Waals surface area contributed by atoms with Crippen molar-refractivity contribution in [2.75, 3.05) is 6.54 Å². The fraction of sp³-hybridized carbons (Fsp3) is 0.261. The zero-order valence-electron chi connectivity index (χ0n) is 16.3. The number of nitrogens with one attached hydrogen (secondary N) is 1. The molecule has 0 aliphatic heterocycles. The molecule has 150 valence electrons. The lowest BCUT2D eigenvalue weighted by molar-refractivity contribution is -0.137. The van der Waals surface area contributed by atoms with E-state index in [1.807, 2.05) is 36.4 Å². The number of benzene rings is 2. The number of aliphatic carboxylic acids is 1. The van der Waals surface area contributed by atoms with Crippen molar-refractivity contribution >= 4 is 12.0 Å². The lowest BCUT2D eigenvalue weighted by Gasteiger charge is -2.26. The molecule has 0 aromatic heterocycles. The van der Waals surface area contributed by atoms with E-state index in [2.05, 4.69) is 18.0 Å². The molecule has 2 N–H and O–H groups in total. The van der Waals surface area contributed by atoms with E-state index in [1.54, 1.807) is 29.2 Å². The first-order valence-corrected chi connectivity index (χ1v) is 9.43. The number of nitrogens with zero attached hydrogens (tertiary/aromatic N) is 2. The van der Waals surface area contributed by atoms with Crippen LogP contribution in [0.15, 0.2) is 67.3 Å². The van der Waals surface area contributed by atoms with Gasteiger partial charge in [0.05, 0.1) is 11.6 Å². The highest BCUT2D eigenvalue weighted by Crippen LogP contribution is 2.11. The molecule has 0 saturated carbocycles. The number of hydrogen-bond acceptors (Lipinski definition) is 3. The predicted molar refractivity (Wildman–Crippen MR) is 111 cm³/mol. The number of hydrogen-bond donors (Lipinski definition) is 2. The Kier molecular flexibility index (Phi) is 8.46. The van der Waals surface area contributed by atoms with E-state index in [-0.39, 0.29) is 18.5 Å². The minimum atomic E-state index is -0.895. The Labute approximate surface area is 171 Å². The Bertz CT molecular complexity index is 874. The first-order chi connectivity index (χ1) is 14.0. The Hall–Kier alpha value is -3.59. The molecule has 0 aliphatic rings. The summed E-state index contributed by atoms with van der Waals surface area (Å²) in [5.74, 6) is -0.895. The second-order valence-corrected chi connectivity index (χ2v) is 6.75. The standard InChI is InChI=1S/C23H25N3O3/c1-2-13-26(17-20-10-6-9-19(14-20)16-24)23(29)25-21(11-12-22(27)28)15-18-7-4-3-5-8-18/h2-10,14,21H,1,11-13,15,17H2,(H,25,29)(H,27,28). The number of amides is 2. The van der Waals surface area contributed by atoms with Crippen LogP contribution in [-0.4, -0.2) is 34.6 Å². The number of rotatable bonds is 10. The van der Waals surface area contributed by atoms with Crippen LogP contribution in [0.2, 0.25) is 0 Å². The zero-order chi connectivity index (χ0) is 21.1. The lowest BCUT2D eigenvalue weighted by Crippen LogP contribution is -2.45. The van der Waals surface area contributed by atoms with Gasteiger partial charge in [-0.05, 0) is 36.1 Å². The maximum absolute atomic E-state index is 12.9. The molecule has 0 fully saturated rings. The van der Waals surface area contributed by atoms with Gasteiger partial charge in [0.1, 0.15) is 0 Å². The van der Waals surface area contributed by atoms with Crippen LogP contribution in [0.3, 0.4) is 0 Å². The smallest absolute Gasteiger partial charge is 0.318 e. The van der Waals surface area contributed by atoms with E-state index in [0.717, 1.165) is 11.1 Å². The monoisotopic (exact) mass is 391 g/mol. The summed E-state index contributed by atoms with van der Waals surface area (Å²) in [6.07, 6.45) is 2.49. The normalized spacial score (nSPS) is 11.1. The van der Waals surface area contributed by atoms with Gasteiger partial charge in [0, 0.05) is 25.6 Å². The number of carboxylic acids is 1. The average Bonchev–Trinajstić information content (AvgIpc) is 2.72. The van der Waals surface area contributed by atoms with E-state index in [4.69, 9.17) is 10.4 Å². The van der Waals surface area contributed by atoms with Crippen LogP contribution in [0.4, 0.5) is 4.79 Å². The molecule has 1 unspecified atom stereocenters. The van der Waals surface area contributed by atoms with Crippen LogP contribution in [0.25, 0.3) is 0 Å². The van der Waals surface area contributed by atoms with Gasteiger partial charge in [-0.3, -0.25) is 4.79 Å². The summed E-state index contributed by atoms with van der Waals surface area (Å²) in [4.78, 5) is 25.5. The fourth-order valence-corrected chi connectivity index (χ4v) is 3.02. The van der Waals surface area contributed by atoms with Crippen LogP contribution >= 0.6 is 0 Å². The van der Waals surface area contributed by atoms with Gasteiger partial charge < -0.3 is 15.3 Å². The van der Waals surface area contributed by atoms with Crippen LogP contribution in [0, 0.1) is 11.3 Å². The largest absolute Gasteiger partial charge is 0.481 e. The maximum atomic E-state index is 12.9. The fourth-order valence-electron chi connectivity index (χ4n) is 3.02. The molecule has 2 aromatic carbocycles. The van der Waals surface area contributed by atoms with E-state index in [0.29, 0.717) is 31.5 Å². The average molecular weight is 391 g/mol. The number of nitriles is 1. The topological polar surface area (TPSA) is 93.4 Å². The highest BCUT2D eigenvalue weighted by atomic mass is 16.4. The predicted octanol–water partition coefficient (Wildman–Crippen LogP) is 3.73. The van der Waals surface area contributed by atoms with Crippen molar-refractivity contribution in [2.24, 2.45) is 0 Å². The number of carboxylic acid groups (broad SMARTS) is 1. The quantitative estimate of drug-likeness (QED) is 0.604. The summed E-state index contributed by atoms with van der Waals surface area (Å²) in [7, 11) is 0. The molecule has 2 rings (SSSR count). The van der Waals surface area contributed by atoms with Gasteiger partial charge in [0.25, 0.3) is 0 Å². The summed E-state index contributed by atoms with van der Waals surface area (Å²) in [5, 5.41) is 21.1. The number of carbonyl (C=O) groups is 2. The third-order valence-electron chi connectivity index (χ3n) is 4.43. The van der Waals surface area contributed by atoms with Gasteiger partial charge in [0.2, 0.25) is 0 Å². The molecule has 0 heterocycles.